The fraction of sp³-hybridized carbons (Fsp3) is 0.320. The van der Waals surface area contributed by atoms with Crippen LogP contribution in [0.1, 0.15) is 42.0 Å². The number of nitrogens with zero attached hydrogens (tertiary/aromatic N) is 1. The van der Waals surface area contributed by atoms with E-state index in [1.807, 2.05) is 6.07 Å². The topological polar surface area (TPSA) is 102 Å². The molecule has 7 nitrogen and oxygen atoms in total. The molecule has 1 fully saturated rings. The molecule has 182 valence electrons. The summed E-state index contributed by atoms with van der Waals surface area (Å²) in [6.07, 6.45) is 1.34. The van der Waals surface area contributed by atoms with Crippen molar-refractivity contribution in [1.29, 1.82) is 0 Å². The van der Waals surface area contributed by atoms with E-state index >= 15 is 0 Å². The highest BCUT2D eigenvalue weighted by molar-refractivity contribution is 5.97. The third kappa shape index (κ3) is 4.94. The second-order valence-electron chi connectivity index (χ2n) is 8.59. The van der Waals surface area contributed by atoms with Crippen LogP contribution in [0.5, 0.6) is 5.75 Å². The third-order valence-electron chi connectivity index (χ3n) is 6.23. The second kappa shape index (κ2) is 8.98. The van der Waals surface area contributed by atoms with E-state index in [0.29, 0.717) is 24.0 Å². The Bertz CT molecular complexity index is 1200. The molecular weight excluding hydrogens is 463 g/mol. The Morgan fingerprint density at radius 2 is 1.83 bits per heavy atom. The Labute approximate surface area is 199 Å². The van der Waals surface area contributed by atoms with Gasteiger partial charge in [0, 0.05) is 6.54 Å². The van der Waals surface area contributed by atoms with Gasteiger partial charge >= 0.3 is 6.36 Å². The zero-order chi connectivity index (χ0) is 25.4. The van der Waals surface area contributed by atoms with Crippen molar-refractivity contribution in [2.24, 2.45) is 5.73 Å². The summed E-state index contributed by atoms with van der Waals surface area (Å²) in [6, 6.07) is 10.4. The molecule has 1 saturated carbocycles. The molecule has 10 heteroatoms. The normalized spacial score (nSPS) is 18.7. The van der Waals surface area contributed by atoms with Crippen LogP contribution in [0.25, 0.3) is 0 Å². The van der Waals surface area contributed by atoms with Crippen molar-refractivity contribution in [3.8, 4) is 18.1 Å². The minimum atomic E-state index is -4.82. The third-order valence-corrected chi connectivity index (χ3v) is 6.23. The molecule has 0 bridgehead atoms. The molecule has 2 aromatic carbocycles. The van der Waals surface area contributed by atoms with Crippen LogP contribution < -0.4 is 15.8 Å². The number of carbonyl (C=O) groups excluding carboxylic acids is 3. The Hall–Kier alpha value is -4.00. The van der Waals surface area contributed by atoms with E-state index in [4.69, 9.17) is 12.2 Å². The summed E-state index contributed by atoms with van der Waals surface area (Å²) in [6.45, 7) is 0.181. The van der Waals surface area contributed by atoms with Crippen LogP contribution in [0.2, 0.25) is 0 Å². The highest BCUT2D eigenvalue weighted by Gasteiger charge is 2.56. The first kappa shape index (κ1) is 24.1. The minimum absolute atomic E-state index is 0.181. The van der Waals surface area contributed by atoms with Crippen molar-refractivity contribution in [3.63, 3.8) is 0 Å². The molecule has 2 aromatic rings. The van der Waals surface area contributed by atoms with Gasteiger partial charge in [-0.3, -0.25) is 14.4 Å². The van der Waals surface area contributed by atoms with Crippen molar-refractivity contribution in [3.05, 3.63) is 65.2 Å². The second-order valence-corrected chi connectivity index (χ2v) is 8.59. The van der Waals surface area contributed by atoms with Gasteiger partial charge in [-0.2, -0.15) is 0 Å². The molecule has 1 aliphatic carbocycles. The number of nitrogens with two attached hydrogens (primary N) is 1. The van der Waals surface area contributed by atoms with Crippen molar-refractivity contribution in [1.82, 2.24) is 10.2 Å². The molecule has 2 aliphatic rings. The van der Waals surface area contributed by atoms with Gasteiger partial charge in [-0.1, -0.05) is 42.3 Å². The van der Waals surface area contributed by atoms with Crippen LogP contribution in [-0.4, -0.2) is 35.0 Å². The average molecular weight is 485 g/mol. The molecule has 0 spiro atoms. The summed E-state index contributed by atoms with van der Waals surface area (Å²) in [5.74, 6) is 0.397. The molecular formula is C25H22F3N3O4. The largest absolute Gasteiger partial charge is 0.573 e. The first-order valence-corrected chi connectivity index (χ1v) is 10.8. The van der Waals surface area contributed by atoms with Gasteiger partial charge in [0.1, 0.15) is 11.8 Å². The Morgan fingerprint density at radius 1 is 1.17 bits per heavy atom. The molecule has 0 radical (unpaired) electrons. The molecule has 3 N–H and O–H groups in total. The monoisotopic (exact) mass is 485 g/mol. The van der Waals surface area contributed by atoms with Crippen LogP contribution in [0.3, 0.4) is 0 Å². The zero-order valence-electron chi connectivity index (χ0n) is 18.5. The molecule has 0 saturated heterocycles. The predicted octanol–water partition coefficient (Wildman–Crippen LogP) is 2.69. The maximum atomic E-state index is 13.8. The molecule has 35 heavy (non-hydrogen) atoms. The highest BCUT2D eigenvalue weighted by atomic mass is 19.4. The lowest BCUT2D eigenvalue weighted by Gasteiger charge is -2.29. The number of hydrogen-bond acceptors (Lipinski definition) is 4. The van der Waals surface area contributed by atoms with Crippen LogP contribution in [-0.2, 0) is 26.3 Å². The Balaban J connectivity index is 1.60. The number of alkyl halides is 3. The van der Waals surface area contributed by atoms with E-state index in [0.717, 1.165) is 5.56 Å². The lowest BCUT2D eigenvalue weighted by atomic mass is 9.93. The number of benzene rings is 2. The predicted molar refractivity (Wildman–Crippen MR) is 118 cm³/mol. The number of halogens is 3. The number of hydrogen-bond donors (Lipinski definition) is 2. The maximum Gasteiger partial charge on any atom is 0.573 e. The van der Waals surface area contributed by atoms with Crippen molar-refractivity contribution >= 4 is 17.7 Å². The average Bonchev–Trinajstić information content (AvgIpc) is 3.51. The van der Waals surface area contributed by atoms with Gasteiger partial charge in [-0.15, -0.1) is 19.6 Å². The molecule has 2 atom stereocenters. The lowest BCUT2D eigenvalue weighted by Crippen LogP contribution is -2.47. The van der Waals surface area contributed by atoms with Gasteiger partial charge in [-0.25, -0.2) is 0 Å². The fourth-order valence-corrected chi connectivity index (χ4v) is 4.46. The van der Waals surface area contributed by atoms with Crippen LogP contribution in [0.4, 0.5) is 13.2 Å². The van der Waals surface area contributed by atoms with Gasteiger partial charge < -0.3 is 20.7 Å². The lowest BCUT2D eigenvalue weighted by molar-refractivity contribution is -0.274. The summed E-state index contributed by atoms with van der Waals surface area (Å²) in [5, 5.41) is 2.61. The minimum Gasteiger partial charge on any atom is -0.406 e. The zero-order valence-corrected chi connectivity index (χ0v) is 18.5. The summed E-state index contributed by atoms with van der Waals surface area (Å²) in [5.41, 5.74) is 6.22. The molecule has 4 rings (SSSR count). The van der Waals surface area contributed by atoms with Crippen LogP contribution in [0.15, 0.2) is 48.5 Å². The Kier molecular flexibility index (Phi) is 6.19. The van der Waals surface area contributed by atoms with Crippen molar-refractivity contribution < 1.29 is 32.3 Å². The number of carbonyl (C=O) groups is 3. The van der Waals surface area contributed by atoms with Gasteiger partial charge in [0.25, 0.3) is 0 Å². The summed E-state index contributed by atoms with van der Waals surface area (Å²) in [7, 11) is 0. The van der Waals surface area contributed by atoms with Gasteiger partial charge in [0.15, 0.2) is 0 Å². The smallest absolute Gasteiger partial charge is 0.406 e. The molecule has 2 unspecified atom stereocenters. The van der Waals surface area contributed by atoms with Crippen LogP contribution >= 0.6 is 0 Å². The van der Waals surface area contributed by atoms with E-state index in [1.54, 1.807) is 18.2 Å². The maximum absolute atomic E-state index is 13.8. The van der Waals surface area contributed by atoms with E-state index < -0.39 is 35.7 Å². The number of terminal acetylenes is 1. The van der Waals surface area contributed by atoms with Crippen molar-refractivity contribution in [2.75, 3.05) is 0 Å². The number of ether oxygens (including phenoxy) is 1. The summed E-state index contributed by atoms with van der Waals surface area (Å²) in [4.78, 5) is 39.8. The molecule has 0 aromatic heterocycles. The number of rotatable bonds is 7. The van der Waals surface area contributed by atoms with Crippen LogP contribution in [0, 0.1) is 12.3 Å². The number of primary amides is 1. The first-order chi connectivity index (χ1) is 16.5. The van der Waals surface area contributed by atoms with Gasteiger partial charge in [0.2, 0.25) is 17.7 Å². The quantitative estimate of drug-likeness (QED) is 0.589. The van der Waals surface area contributed by atoms with E-state index in [9.17, 15) is 27.6 Å². The van der Waals surface area contributed by atoms with E-state index in [-0.39, 0.29) is 24.6 Å². The fourth-order valence-electron chi connectivity index (χ4n) is 4.46. The standard InChI is InChI=1S/C25H22F3N3O4/c1-2-17(13-20(29)32)30-22(33)21-19-6-4-3-5-15(19)14-31(21)23(34)24(11-12-24)16-7-9-18(10-8-16)35-25(26,27)28/h1,3-10,17,21H,11-14H2,(H2,29,32)(H,30,33). The van der Waals surface area contributed by atoms with Gasteiger partial charge in [0.05, 0.1) is 17.9 Å². The summed E-state index contributed by atoms with van der Waals surface area (Å²) >= 11 is 0. The highest BCUT2D eigenvalue weighted by Crippen LogP contribution is 2.52. The van der Waals surface area contributed by atoms with Crippen molar-refractivity contribution in [2.45, 2.75) is 49.7 Å². The number of nitrogens with one attached hydrogen (secondary N) is 1. The molecule has 1 aliphatic heterocycles. The summed E-state index contributed by atoms with van der Waals surface area (Å²) < 4.78 is 41.4. The molecule has 1 heterocycles. The molecule has 3 amide bonds. The Morgan fingerprint density at radius 3 is 2.40 bits per heavy atom. The number of amides is 3. The number of fused-ring (bicyclic) bond motifs is 1. The van der Waals surface area contributed by atoms with E-state index in [1.165, 1.54) is 29.2 Å². The first-order valence-electron chi connectivity index (χ1n) is 10.8. The SMILES string of the molecule is C#CC(CC(N)=O)NC(=O)C1c2ccccc2CN1C(=O)C1(c2ccc(OC(F)(F)F)cc2)CC1. The van der Waals surface area contributed by atoms with Gasteiger partial charge in [-0.05, 0) is 41.7 Å². The van der Waals surface area contributed by atoms with E-state index in [2.05, 4.69) is 16.0 Å².